The maximum Gasteiger partial charge on any atom is 0.117 e. The Bertz CT molecular complexity index is 799. The van der Waals surface area contributed by atoms with Gasteiger partial charge in [0.05, 0.1) is 18.3 Å². The number of nitrogens with two attached hydrogens (primary N) is 1. The Kier molecular flexibility index (Phi) is 4.39. The zero-order chi connectivity index (χ0) is 16.4. The van der Waals surface area contributed by atoms with Crippen LogP contribution in [0.4, 0.5) is 0 Å². The molecule has 0 aliphatic carbocycles. The summed E-state index contributed by atoms with van der Waals surface area (Å²) in [4.78, 5) is 4.38. The summed E-state index contributed by atoms with van der Waals surface area (Å²) in [6.07, 6.45) is 3.44. The Labute approximate surface area is 140 Å². The molecule has 2 aromatic heterocycles. The van der Waals surface area contributed by atoms with E-state index >= 15 is 0 Å². The largest absolute Gasteiger partial charge is 0.468 e. The minimum Gasteiger partial charge on any atom is -0.468 e. The molecule has 3 N–H and O–H groups in total. The number of hydrogen-bond acceptors (Lipinski definition) is 4. The summed E-state index contributed by atoms with van der Waals surface area (Å²) in [5.74, 6) is 0.886. The zero-order valence-electron chi connectivity index (χ0n) is 13.2. The predicted octanol–water partition coefficient (Wildman–Crippen LogP) is 4.05. The second kappa shape index (κ2) is 6.32. The summed E-state index contributed by atoms with van der Waals surface area (Å²) in [7, 11) is 0. The molecule has 4 nitrogen and oxygen atoms in total. The fourth-order valence-electron chi connectivity index (χ4n) is 2.64. The zero-order valence-corrected chi connectivity index (χ0v) is 14.0. The number of hydrogen-bond donors (Lipinski definition) is 2. The number of nitrogens with zero attached hydrogens (tertiary/aromatic N) is 1. The SMILES string of the molecule is CC(C)(NCc1ccco1)C(N)c1ccnc2cc(Cl)ccc12. The average molecular weight is 330 g/mol. The van der Waals surface area contributed by atoms with Crippen LogP contribution < -0.4 is 11.1 Å². The number of fused-ring (bicyclic) bond motifs is 1. The van der Waals surface area contributed by atoms with E-state index in [0.717, 1.165) is 22.2 Å². The Morgan fingerprint density at radius 1 is 1.30 bits per heavy atom. The second-order valence-electron chi connectivity index (χ2n) is 6.19. The van der Waals surface area contributed by atoms with E-state index in [0.29, 0.717) is 11.6 Å². The predicted molar refractivity (Wildman–Crippen MR) is 93.3 cm³/mol. The van der Waals surface area contributed by atoms with E-state index in [1.807, 2.05) is 36.4 Å². The van der Waals surface area contributed by atoms with Crippen LogP contribution in [0.25, 0.3) is 10.9 Å². The number of rotatable bonds is 5. The molecule has 1 atom stereocenters. The molecule has 23 heavy (non-hydrogen) atoms. The number of pyridine rings is 1. The molecular formula is C18H20ClN3O. The highest BCUT2D eigenvalue weighted by Crippen LogP contribution is 2.30. The molecule has 0 saturated heterocycles. The standard InChI is InChI=1S/C18H20ClN3O/c1-18(2,22-11-13-4-3-9-23-13)17(20)15-7-8-21-16-10-12(19)5-6-14(15)16/h3-10,17,22H,11,20H2,1-2H3. The molecule has 0 amide bonds. The molecule has 1 unspecified atom stereocenters. The lowest BCUT2D eigenvalue weighted by Crippen LogP contribution is -2.47. The first-order valence-electron chi connectivity index (χ1n) is 7.54. The van der Waals surface area contributed by atoms with Crippen LogP contribution in [0.15, 0.2) is 53.3 Å². The van der Waals surface area contributed by atoms with E-state index in [2.05, 4.69) is 24.1 Å². The van der Waals surface area contributed by atoms with Crippen molar-refractivity contribution in [2.24, 2.45) is 5.73 Å². The third-order valence-corrected chi connectivity index (χ3v) is 4.38. The van der Waals surface area contributed by atoms with Crippen LogP contribution in [-0.4, -0.2) is 10.5 Å². The molecule has 0 fully saturated rings. The molecule has 0 saturated carbocycles. The Morgan fingerprint density at radius 3 is 2.87 bits per heavy atom. The van der Waals surface area contributed by atoms with Crippen LogP contribution in [-0.2, 0) is 6.54 Å². The van der Waals surface area contributed by atoms with Crippen LogP contribution in [0.5, 0.6) is 0 Å². The number of aromatic nitrogens is 1. The third kappa shape index (κ3) is 3.39. The molecule has 0 aliphatic rings. The molecule has 0 spiro atoms. The van der Waals surface area contributed by atoms with Crippen LogP contribution >= 0.6 is 11.6 Å². The number of benzene rings is 1. The highest BCUT2D eigenvalue weighted by atomic mass is 35.5. The molecule has 120 valence electrons. The van der Waals surface area contributed by atoms with Gasteiger partial charge >= 0.3 is 0 Å². The van der Waals surface area contributed by atoms with E-state index in [1.54, 1.807) is 12.5 Å². The minimum absolute atomic E-state index is 0.205. The van der Waals surface area contributed by atoms with Gasteiger partial charge in [0, 0.05) is 28.2 Å². The summed E-state index contributed by atoms with van der Waals surface area (Å²) < 4.78 is 5.37. The van der Waals surface area contributed by atoms with Gasteiger partial charge in [0.2, 0.25) is 0 Å². The summed E-state index contributed by atoms with van der Waals surface area (Å²) in [6.45, 7) is 4.80. The van der Waals surface area contributed by atoms with Crippen molar-refractivity contribution in [2.45, 2.75) is 32.0 Å². The molecule has 3 rings (SSSR count). The van der Waals surface area contributed by atoms with Crippen molar-refractivity contribution in [3.8, 4) is 0 Å². The highest BCUT2D eigenvalue weighted by molar-refractivity contribution is 6.31. The van der Waals surface area contributed by atoms with Gasteiger partial charge in [0.1, 0.15) is 5.76 Å². The maximum absolute atomic E-state index is 6.56. The first-order chi connectivity index (χ1) is 11.0. The van der Waals surface area contributed by atoms with E-state index < -0.39 is 0 Å². The van der Waals surface area contributed by atoms with Crippen LogP contribution in [0, 0.1) is 0 Å². The van der Waals surface area contributed by atoms with E-state index in [1.165, 1.54) is 0 Å². The molecule has 0 radical (unpaired) electrons. The first-order valence-corrected chi connectivity index (χ1v) is 7.92. The van der Waals surface area contributed by atoms with Crippen LogP contribution in [0.2, 0.25) is 5.02 Å². The van der Waals surface area contributed by atoms with Gasteiger partial charge < -0.3 is 15.5 Å². The van der Waals surface area contributed by atoms with Gasteiger partial charge in [-0.15, -0.1) is 0 Å². The fraction of sp³-hybridized carbons (Fsp3) is 0.278. The normalized spacial score (nSPS) is 13.4. The lowest BCUT2D eigenvalue weighted by Gasteiger charge is -2.33. The second-order valence-corrected chi connectivity index (χ2v) is 6.63. The van der Waals surface area contributed by atoms with E-state index in [-0.39, 0.29) is 11.6 Å². The molecular weight excluding hydrogens is 310 g/mol. The van der Waals surface area contributed by atoms with E-state index in [4.69, 9.17) is 21.8 Å². The van der Waals surface area contributed by atoms with Gasteiger partial charge in [0.15, 0.2) is 0 Å². The molecule has 1 aromatic carbocycles. The molecule has 5 heteroatoms. The quantitative estimate of drug-likeness (QED) is 0.741. The lowest BCUT2D eigenvalue weighted by atomic mass is 9.87. The molecule has 0 aliphatic heterocycles. The Morgan fingerprint density at radius 2 is 2.13 bits per heavy atom. The van der Waals surface area contributed by atoms with Crippen LogP contribution in [0.1, 0.15) is 31.2 Å². The Hall–Kier alpha value is -1.88. The summed E-state index contributed by atoms with van der Waals surface area (Å²) in [5, 5.41) is 5.17. The van der Waals surface area contributed by atoms with Crippen molar-refractivity contribution in [2.75, 3.05) is 0 Å². The van der Waals surface area contributed by atoms with Crippen molar-refractivity contribution in [1.29, 1.82) is 0 Å². The van der Waals surface area contributed by atoms with Crippen molar-refractivity contribution < 1.29 is 4.42 Å². The molecule has 2 heterocycles. The Balaban J connectivity index is 1.87. The van der Waals surface area contributed by atoms with Gasteiger partial charge in [-0.1, -0.05) is 17.7 Å². The van der Waals surface area contributed by atoms with Crippen LogP contribution in [0.3, 0.4) is 0 Å². The summed E-state index contributed by atoms with van der Waals surface area (Å²) in [5.41, 5.74) is 8.14. The fourth-order valence-corrected chi connectivity index (χ4v) is 2.81. The maximum atomic E-state index is 6.56. The molecule has 3 aromatic rings. The summed E-state index contributed by atoms with van der Waals surface area (Å²) in [6, 6.07) is 11.3. The number of furan rings is 1. The monoisotopic (exact) mass is 329 g/mol. The highest BCUT2D eigenvalue weighted by Gasteiger charge is 2.28. The smallest absolute Gasteiger partial charge is 0.117 e. The topological polar surface area (TPSA) is 64.1 Å². The third-order valence-electron chi connectivity index (χ3n) is 4.15. The molecule has 0 bridgehead atoms. The van der Waals surface area contributed by atoms with Gasteiger partial charge in [0.25, 0.3) is 0 Å². The van der Waals surface area contributed by atoms with E-state index in [9.17, 15) is 0 Å². The van der Waals surface area contributed by atoms with Gasteiger partial charge in [-0.2, -0.15) is 0 Å². The number of halogens is 1. The number of nitrogens with one attached hydrogen (secondary N) is 1. The minimum atomic E-state index is -0.319. The first kappa shape index (κ1) is 16.0. The van der Waals surface area contributed by atoms with Gasteiger partial charge in [-0.3, -0.25) is 4.98 Å². The van der Waals surface area contributed by atoms with Crippen molar-refractivity contribution in [3.63, 3.8) is 0 Å². The lowest BCUT2D eigenvalue weighted by molar-refractivity contribution is 0.308. The van der Waals surface area contributed by atoms with Gasteiger partial charge in [-0.05, 0) is 49.7 Å². The summed E-state index contributed by atoms with van der Waals surface area (Å²) >= 11 is 6.05. The van der Waals surface area contributed by atoms with Gasteiger partial charge in [-0.25, -0.2) is 0 Å². The average Bonchev–Trinajstić information content (AvgIpc) is 3.05. The van der Waals surface area contributed by atoms with Crippen molar-refractivity contribution in [1.82, 2.24) is 10.3 Å². The van der Waals surface area contributed by atoms with Crippen molar-refractivity contribution in [3.05, 3.63) is 65.2 Å². The van der Waals surface area contributed by atoms with Crippen molar-refractivity contribution >= 4 is 22.5 Å².